The van der Waals surface area contributed by atoms with Crippen LogP contribution in [0.2, 0.25) is 0 Å². The highest BCUT2D eigenvalue weighted by atomic mass is 32.2. The minimum atomic E-state index is -5.28. The molecule has 1 aliphatic carbocycles. The summed E-state index contributed by atoms with van der Waals surface area (Å²) in [6.07, 6.45) is 0.676. The minimum absolute atomic E-state index is 0.117. The molecule has 0 saturated heterocycles. The fourth-order valence-electron chi connectivity index (χ4n) is 5.32. The largest absolute Gasteiger partial charge is 0.399 e. The molecule has 0 radical (unpaired) electrons. The van der Waals surface area contributed by atoms with Crippen LogP contribution in [-0.2, 0) is 30.4 Å². The Kier molecular flexibility index (Phi) is 10.8. The van der Waals surface area contributed by atoms with Gasteiger partial charge in [-0.1, -0.05) is 0 Å². The smallest absolute Gasteiger partial charge is 0.296 e. The van der Waals surface area contributed by atoms with Crippen molar-refractivity contribution in [3.8, 4) is 0 Å². The quantitative estimate of drug-likeness (QED) is 0.0319. The summed E-state index contributed by atoms with van der Waals surface area (Å²) >= 11 is 0. The highest BCUT2D eigenvalue weighted by Crippen LogP contribution is 2.41. The fraction of sp³-hybridized carbons (Fsp3) is 0. The maximum Gasteiger partial charge on any atom is 0.296 e. The Hall–Kier alpha value is -7.09. The van der Waals surface area contributed by atoms with Gasteiger partial charge in [0.2, 0.25) is 5.78 Å². The Labute approximate surface area is 329 Å². The topological polar surface area (TPSA) is 370 Å². The van der Waals surface area contributed by atoms with Gasteiger partial charge in [0.05, 0.1) is 39.7 Å². The predicted octanol–water partition coefficient (Wildman–Crippen LogP) is 5.98. The molecule has 0 saturated carbocycles. The summed E-state index contributed by atoms with van der Waals surface area (Å²) in [5, 5.41) is 22.6. The van der Waals surface area contributed by atoms with Crippen molar-refractivity contribution in [3.05, 3.63) is 107 Å². The molecule has 0 fully saturated rings. The van der Waals surface area contributed by atoms with Gasteiger partial charge in [0.1, 0.15) is 26.1 Å². The van der Waals surface area contributed by atoms with E-state index in [-0.39, 0.29) is 17.1 Å². The van der Waals surface area contributed by atoms with Crippen molar-refractivity contribution in [1.29, 1.82) is 0 Å². The maximum atomic E-state index is 13.9. The van der Waals surface area contributed by atoms with Gasteiger partial charge in [-0.15, -0.1) is 10.2 Å². The van der Waals surface area contributed by atoms with Crippen molar-refractivity contribution < 1.29 is 43.7 Å². The van der Waals surface area contributed by atoms with Crippen LogP contribution >= 0.6 is 0 Å². The van der Waals surface area contributed by atoms with E-state index in [0.717, 1.165) is 6.07 Å². The van der Waals surface area contributed by atoms with Gasteiger partial charge in [-0.3, -0.25) is 23.9 Å². The number of allylic oxidation sites excluding steroid dienone is 1. The number of rotatable bonds is 11. The van der Waals surface area contributed by atoms with Gasteiger partial charge in [0.25, 0.3) is 30.4 Å². The molecule has 0 spiro atoms. The molecular formula is C34H29N11O10S3. The second kappa shape index (κ2) is 15.4. The van der Waals surface area contributed by atoms with Crippen LogP contribution in [0.1, 0.15) is 15.9 Å². The highest BCUT2D eigenvalue weighted by Gasteiger charge is 2.37. The zero-order chi connectivity index (χ0) is 42.2. The third-order valence-electron chi connectivity index (χ3n) is 8.04. The number of benzene rings is 5. The number of hydrazone groups is 1. The zero-order valence-electron chi connectivity index (χ0n) is 29.2. The Morgan fingerprint density at radius 3 is 1.78 bits per heavy atom. The van der Waals surface area contributed by atoms with Crippen molar-refractivity contribution in [3.63, 3.8) is 0 Å². The van der Waals surface area contributed by atoms with Crippen LogP contribution in [0.5, 0.6) is 0 Å². The highest BCUT2D eigenvalue weighted by molar-refractivity contribution is 7.91. The standard InChI is InChI=1S/C34H29N11O10S3/c35-18-1-4-21(5-2-18)41-44-32-28(57(50,51)52)13-17-14-29(58(53,54)55)33(34(46)30(17)31(32)38)45-42-23-10-12-26(27(16-23)56(47,48)49)39-20-6-8-22(9-7-20)40-43-25-11-3-19(36)15-24(25)37/h1-16,39,42H,35-38H2,(H,47,48,49)(H,50,51,52)(H,53,54,55)/b43-40?,44-41?,45-33-. The van der Waals surface area contributed by atoms with Gasteiger partial charge < -0.3 is 28.3 Å². The molecular weight excluding hydrogens is 819 g/mol. The fourth-order valence-corrected chi connectivity index (χ4v) is 7.32. The predicted molar refractivity (Wildman–Crippen MR) is 216 cm³/mol. The summed E-state index contributed by atoms with van der Waals surface area (Å²) in [7, 11) is -15.3. The number of carbonyl (C=O) groups is 1. The summed E-state index contributed by atoms with van der Waals surface area (Å²) in [5.74, 6) is -1.27. The molecule has 1 aliphatic rings. The first-order chi connectivity index (χ1) is 27.2. The molecule has 24 heteroatoms. The third-order valence-corrected chi connectivity index (χ3v) is 10.7. The van der Waals surface area contributed by atoms with Crippen LogP contribution in [0.25, 0.3) is 6.08 Å². The number of nitrogens with two attached hydrogens (primary N) is 4. The molecule has 5 aromatic rings. The number of hydrogen-bond donors (Lipinski definition) is 9. The molecule has 0 bridgehead atoms. The average Bonchev–Trinajstić information content (AvgIpc) is 3.14. The van der Waals surface area contributed by atoms with Gasteiger partial charge >= 0.3 is 0 Å². The molecule has 0 aromatic heterocycles. The SMILES string of the molecule is Nc1ccc(N=Nc2c(S(=O)(=O)O)cc3c(c2N)C(=O)/C(=N\Nc2ccc(Nc4ccc(N=Nc5ccc(N)cc5N)cc4)c(S(=O)(=O)O)c2)C(S(=O)(=O)O)=C3)cc1. The van der Waals surface area contributed by atoms with E-state index in [2.05, 4.69) is 36.3 Å². The molecule has 298 valence electrons. The zero-order valence-corrected chi connectivity index (χ0v) is 31.7. The summed E-state index contributed by atoms with van der Waals surface area (Å²) in [6, 6.07) is 20.8. The number of ketones is 1. The minimum Gasteiger partial charge on any atom is -0.399 e. The molecule has 21 nitrogen and oxygen atoms in total. The monoisotopic (exact) mass is 847 g/mol. The summed E-state index contributed by atoms with van der Waals surface area (Å²) in [5.41, 5.74) is 24.6. The Bertz CT molecular complexity index is 2970. The number of hydrogen-bond acceptors (Lipinski definition) is 18. The van der Waals surface area contributed by atoms with E-state index in [1.807, 2.05) is 0 Å². The van der Waals surface area contributed by atoms with Crippen LogP contribution in [0, 0.1) is 0 Å². The summed E-state index contributed by atoms with van der Waals surface area (Å²) < 4.78 is 105. The van der Waals surface area contributed by atoms with Crippen LogP contribution < -0.4 is 33.7 Å². The second-order valence-corrected chi connectivity index (χ2v) is 16.3. The second-order valence-electron chi connectivity index (χ2n) is 12.1. The van der Waals surface area contributed by atoms with E-state index < -0.39 is 79.0 Å². The summed E-state index contributed by atoms with van der Waals surface area (Å²) in [4.78, 5) is 11.1. The number of nitrogens with zero attached hydrogens (tertiary/aromatic N) is 5. The molecule has 58 heavy (non-hydrogen) atoms. The van der Waals surface area contributed by atoms with Crippen LogP contribution in [0.15, 0.2) is 131 Å². The lowest BCUT2D eigenvalue weighted by molar-refractivity contribution is 0.106. The van der Waals surface area contributed by atoms with E-state index in [9.17, 15) is 43.7 Å². The number of nitrogens with one attached hydrogen (secondary N) is 2. The van der Waals surface area contributed by atoms with Gasteiger partial charge in [-0.2, -0.15) is 40.6 Å². The van der Waals surface area contributed by atoms with Gasteiger partial charge in [-0.25, -0.2) is 0 Å². The van der Waals surface area contributed by atoms with E-state index in [0.29, 0.717) is 46.3 Å². The van der Waals surface area contributed by atoms with Crippen molar-refractivity contribution >= 4 is 110 Å². The normalized spacial score (nSPS) is 14.2. The number of fused-ring (bicyclic) bond motifs is 1. The lowest BCUT2D eigenvalue weighted by atomic mass is 9.92. The molecule has 0 amide bonds. The number of carbonyl (C=O) groups excluding carboxylic acids is 1. The number of nitrogen functional groups attached to an aromatic ring is 4. The number of anilines is 7. The van der Waals surface area contributed by atoms with Crippen LogP contribution in [0.4, 0.5) is 62.6 Å². The molecule has 0 aliphatic heterocycles. The Morgan fingerprint density at radius 2 is 1.17 bits per heavy atom. The van der Waals surface area contributed by atoms with E-state index >= 15 is 0 Å². The first kappa shape index (κ1) is 40.6. The molecule has 0 heterocycles. The summed E-state index contributed by atoms with van der Waals surface area (Å²) in [6.45, 7) is 0. The molecule has 5 aromatic carbocycles. The third kappa shape index (κ3) is 8.96. The van der Waals surface area contributed by atoms with Crippen molar-refractivity contribution in [2.24, 2.45) is 25.6 Å². The first-order valence-electron chi connectivity index (χ1n) is 16.0. The van der Waals surface area contributed by atoms with Crippen LogP contribution in [-0.4, -0.2) is 50.4 Å². The first-order valence-corrected chi connectivity index (χ1v) is 20.4. The van der Waals surface area contributed by atoms with E-state index in [1.165, 1.54) is 54.6 Å². The maximum absolute atomic E-state index is 13.9. The Morgan fingerprint density at radius 1 is 0.586 bits per heavy atom. The van der Waals surface area contributed by atoms with Gasteiger partial charge in [-0.05, 0) is 103 Å². The number of azo groups is 2. The van der Waals surface area contributed by atoms with Crippen LogP contribution in [0.3, 0.4) is 0 Å². The van der Waals surface area contributed by atoms with E-state index in [1.54, 1.807) is 24.3 Å². The van der Waals surface area contributed by atoms with Gasteiger partial charge in [0.15, 0.2) is 5.71 Å². The molecule has 13 N–H and O–H groups in total. The lowest BCUT2D eigenvalue weighted by Crippen LogP contribution is -2.28. The molecule has 6 rings (SSSR count). The Balaban J connectivity index is 1.32. The molecule has 0 unspecified atom stereocenters. The van der Waals surface area contributed by atoms with Crippen molar-refractivity contribution in [1.82, 2.24) is 0 Å². The number of Topliss-reactive ketones (excluding diaryl/α,β-unsaturated/α-hetero) is 1. The lowest BCUT2D eigenvalue weighted by Gasteiger charge is -2.20. The molecule has 0 atom stereocenters. The van der Waals surface area contributed by atoms with Crippen molar-refractivity contribution in [2.75, 3.05) is 33.7 Å². The van der Waals surface area contributed by atoms with E-state index in [4.69, 9.17) is 22.9 Å². The average molecular weight is 848 g/mol. The van der Waals surface area contributed by atoms with Gasteiger partial charge in [0, 0.05) is 17.1 Å². The van der Waals surface area contributed by atoms with Crippen molar-refractivity contribution in [2.45, 2.75) is 9.79 Å².